The van der Waals surface area contributed by atoms with Crippen LogP contribution < -0.4 is 5.32 Å². The molecule has 5 heteroatoms. The summed E-state index contributed by atoms with van der Waals surface area (Å²) in [5.74, 6) is 0.120. The lowest BCUT2D eigenvalue weighted by Gasteiger charge is -2.25. The van der Waals surface area contributed by atoms with Gasteiger partial charge in [0, 0.05) is 10.0 Å². The van der Waals surface area contributed by atoms with Crippen LogP contribution in [0.3, 0.4) is 0 Å². The van der Waals surface area contributed by atoms with Crippen LogP contribution in [0.1, 0.15) is 37.9 Å². The van der Waals surface area contributed by atoms with Crippen LogP contribution in [0.2, 0.25) is 0 Å². The number of alkyl carbamates (subject to hydrolysis) is 1. The van der Waals surface area contributed by atoms with Crippen molar-refractivity contribution in [2.75, 3.05) is 0 Å². The Hall–Kier alpha value is -2.53. The first-order valence-corrected chi connectivity index (χ1v) is 9.49. The number of hydrogen-bond acceptors (Lipinski definition) is 3. The summed E-state index contributed by atoms with van der Waals surface area (Å²) in [7, 11) is 0. The second-order valence-corrected chi connectivity index (χ2v) is 8.27. The fourth-order valence-corrected chi connectivity index (χ4v) is 3.39. The average molecular weight is 428 g/mol. The standard InChI is InChI=1S/C22H22BrNO3/c1-22(2,3)27-21(26)24-20(14-7-5-4-6-8-14)19-17-11-10-16(23)13-15(17)9-12-18(19)25/h4-13,20,25H,1-3H3,(H,24,26). The van der Waals surface area contributed by atoms with Crippen LogP contribution in [0.5, 0.6) is 5.75 Å². The lowest BCUT2D eigenvalue weighted by molar-refractivity contribution is 0.0512. The molecule has 0 aliphatic rings. The fourth-order valence-electron chi connectivity index (χ4n) is 3.01. The molecule has 0 spiro atoms. The molecular formula is C22H22BrNO3. The van der Waals surface area contributed by atoms with Gasteiger partial charge in [-0.3, -0.25) is 0 Å². The molecule has 0 bridgehead atoms. The molecule has 0 aromatic heterocycles. The third kappa shape index (κ3) is 4.61. The Balaban J connectivity index is 2.12. The van der Waals surface area contributed by atoms with Crippen molar-refractivity contribution in [2.45, 2.75) is 32.4 Å². The van der Waals surface area contributed by atoms with E-state index in [4.69, 9.17) is 4.74 Å². The Kier molecular flexibility index (Phi) is 5.42. The minimum Gasteiger partial charge on any atom is -0.508 e. The van der Waals surface area contributed by atoms with E-state index in [-0.39, 0.29) is 5.75 Å². The van der Waals surface area contributed by atoms with Gasteiger partial charge < -0.3 is 15.2 Å². The predicted molar refractivity (Wildman–Crippen MR) is 111 cm³/mol. The zero-order valence-corrected chi connectivity index (χ0v) is 17.1. The Morgan fingerprint density at radius 3 is 2.44 bits per heavy atom. The molecule has 0 heterocycles. The van der Waals surface area contributed by atoms with Crippen LogP contribution >= 0.6 is 15.9 Å². The Morgan fingerprint density at radius 1 is 1.07 bits per heavy atom. The lowest BCUT2D eigenvalue weighted by atomic mass is 9.93. The fraction of sp³-hybridized carbons (Fsp3) is 0.227. The molecule has 0 aliphatic carbocycles. The van der Waals surface area contributed by atoms with Crippen molar-refractivity contribution in [3.8, 4) is 5.75 Å². The number of ether oxygens (including phenoxy) is 1. The van der Waals surface area contributed by atoms with Gasteiger partial charge in [0.05, 0.1) is 6.04 Å². The number of aromatic hydroxyl groups is 1. The molecule has 4 nitrogen and oxygen atoms in total. The number of carbonyl (C=O) groups is 1. The normalized spacial score (nSPS) is 12.6. The van der Waals surface area contributed by atoms with E-state index in [0.29, 0.717) is 5.56 Å². The first-order chi connectivity index (χ1) is 12.7. The molecule has 27 heavy (non-hydrogen) atoms. The third-order valence-corrected chi connectivity index (χ3v) is 4.58. The molecule has 0 aliphatic heterocycles. The zero-order valence-electron chi connectivity index (χ0n) is 15.5. The number of rotatable bonds is 3. The van der Waals surface area contributed by atoms with Crippen molar-refractivity contribution in [1.29, 1.82) is 0 Å². The summed E-state index contributed by atoms with van der Waals surface area (Å²) in [5.41, 5.74) is 0.878. The van der Waals surface area contributed by atoms with Gasteiger partial charge in [0.25, 0.3) is 0 Å². The topological polar surface area (TPSA) is 58.6 Å². The monoisotopic (exact) mass is 427 g/mol. The van der Waals surface area contributed by atoms with Gasteiger partial charge in [0.15, 0.2) is 0 Å². The largest absolute Gasteiger partial charge is 0.508 e. The Bertz CT molecular complexity index is 964. The van der Waals surface area contributed by atoms with Crippen molar-refractivity contribution >= 4 is 32.8 Å². The molecule has 2 N–H and O–H groups in total. The van der Waals surface area contributed by atoms with Crippen molar-refractivity contribution in [3.63, 3.8) is 0 Å². The number of hydrogen-bond donors (Lipinski definition) is 2. The molecule has 1 amide bonds. The van der Waals surface area contributed by atoms with Crippen LogP contribution in [0.4, 0.5) is 4.79 Å². The van der Waals surface area contributed by atoms with Crippen LogP contribution in [0.25, 0.3) is 10.8 Å². The molecular weight excluding hydrogens is 406 g/mol. The minimum absolute atomic E-state index is 0.120. The number of carbonyl (C=O) groups excluding carboxylic acids is 1. The molecule has 0 fully saturated rings. The number of halogens is 1. The summed E-state index contributed by atoms with van der Waals surface area (Å²) in [4.78, 5) is 12.5. The van der Waals surface area contributed by atoms with E-state index in [1.807, 2.05) is 75.4 Å². The second-order valence-electron chi connectivity index (χ2n) is 7.35. The van der Waals surface area contributed by atoms with Gasteiger partial charge >= 0.3 is 6.09 Å². The maximum absolute atomic E-state index is 12.5. The molecule has 1 unspecified atom stereocenters. The van der Waals surface area contributed by atoms with Crippen molar-refractivity contribution < 1.29 is 14.6 Å². The second kappa shape index (κ2) is 7.61. The van der Waals surface area contributed by atoms with Crippen LogP contribution in [-0.2, 0) is 4.74 Å². The highest BCUT2D eigenvalue weighted by atomic mass is 79.9. The highest BCUT2D eigenvalue weighted by Crippen LogP contribution is 2.37. The molecule has 3 aromatic rings. The maximum Gasteiger partial charge on any atom is 0.408 e. The van der Waals surface area contributed by atoms with Crippen LogP contribution in [-0.4, -0.2) is 16.8 Å². The van der Waals surface area contributed by atoms with Crippen molar-refractivity contribution in [1.82, 2.24) is 5.32 Å². The quantitative estimate of drug-likeness (QED) is 0.544. The van der Waals surface area contributed by atoms with Gasteiger partial charge in [-0.15, -0.1) is 0 Å². The number of benzene rings is 3. The molecule has 1 atom stereocenters. The van der Waals surface area contributed by atoms with E-state index in [1.165, 1.54) is 0 Å². The van der Waals surface area contributed by atoms with E-state index in [2.05, 4.69) is 21.2 Å². The Morgan fingerprint density at radius 2 is 1.78 bits per heavy atom. The molecule has 3 aromatic carbocycles. The first kappa shape index (κ1) is 19.2. The number of nitrogens with one attached hydrogen (secondary N) is 1. The van der Waals surface area contributed by atoms with E-state index < -0.39 is 17.7 Å². The van der Waals surface area contributed by atoms with Gasteiger partial charge in [-0.1, -0.05) is 58.4 Å². The van der Waals surface area contributed by atoms with E-state index in [1.54, 1.807) is 6.07 Å². The van der Waals surface area contributed by atoms with Crippen LogP contribution in [0, 0.1) is 0 Å². The smallest absolute Gasteiger partial charge is 0.408 e. The van der Waals surface area contributed by atoms with Gasteiger partial charge in [-0.25, -0.2) is 4.79 Å². The SMILES string of the molecule is CC(C)(C)OC(=O)NC(c1ccccc1)c1c(O)ccc2cc(Br)ccc12. The highest BCUT2D eigenvalue weighted by Gasteiger charge is 2.25. The van der Waals surface area contributed by atoms with Crippen molar-refractivity contribution in [3.05, 3.63) is 76.3 Å². The van der Waals surface area contributed by atoms with Crippen LogP contribution in [0.15, 0.2) is 65.1 Å². The van der Waals surface area contributed by atoms with E-state index in [0.717, 1.165) is 20.8 Å². The van der Waals surface area contributed by atoms with Gasteiger partial charge in [0.2, 0.25) is 0 Å². The molecule has 0 saturated carbocycles. The summed E-state index contributed by atoms with van der Waals surface area (Å²) in [5, 5.41) is 15.4. The number of fused-ring (bicyclic) bond motifs is 1. The van der Waals surface area contributed by atoms with Crippen molar-refractivity contribution in [2.24, 2.45) is 0 Å². The maximum atomic E-state index is 12.5. The van der Waals surface area contributed by atoms with E-state index in [9.17, 15) is 9.90 Å². The van der Waals surface area contributed by atoms with Gasteiger partial charge in [0.1, 0.15) is 11.4 Å². The van der Waals surface area contributed by atoms with Gasteiger partial charge in [-0.2, -0.15) is 0 Å². The summed E-state index contributed by atoms with van der Waals surface area (Å²) in [6, 6.07) is 18.3. The summed E-state index contributed by atoms with van der Waals surface area (Å²) in [6.07, 6.45) is -0.537. The number of phenols is 1. The first-order valence-electron chi connectivity index (χ1n) is 8.70. The lowest BCUT2D eigenvalue weighted by Crippen LogP contribution is -2.35. The zero-order chi connectivity index (χ0) is 19.6. The van der Waals surface area contributed by atoms with Gasteiger partial charge in [-0.05, 0) is 55.3 Å². The summed E-state index contributed by atoms with van der Waals surface area (Å²) >= 11 is 3.48. The third-order valence-electron chi connectivity index (χ3n) is 4.08. The Labute approximate surface area is 167 Å². The molecule has 3 rings (SSSR count). The molecule has 0 radical (unpaired) electrons. The number of phenolic OH excluding ortho intramolecular Hbond substituents is 1. The van der Waals surface area contributed by atoms with E-state index >= 15 is 0 Å². The number of amides is 1. The minimum atomic E-state index is -0.614. The summed E-state index contributed by atoms with van der Waals surface area (Å²) < 4.78 is 6.39. The highest BCUT2D eigenvalue weighted by molar-refractivity contribution is 9.10. The summed E-state index contributed by atoms with van der Waals surface area (Å²) in [6.45, 7) is 5.45. The molecule has 0 saturated heterocycles. The molecule has 140 valence electrons. The predicted octanol–water partition coefficient (Wildman–Crippen LogP) is 5.92. The average Bonchev–Trinajstić information content (AvgIpc) is 2.59.